The zero-order valence-electron chi connectivity index (χ0n) is 15.6. The van der Waals surface area contributed by atoms with E-state index in [0.29, 0.717) is 17.1 Å². The lowest BCUT2D eigenvalue weighted by Gasteiger charge is -2.44. The van der Waals surface area contributed by atoms with Gasteiger partial charge in [0.2, 0.25) is 0 Å². The smallest absolute Gasteiger partial charge is 0.410 e. The predicted molar refractivity (Wildman–Crippen MR) is 96.8 cm³/mol. The lowest BCUT2D eigenvalue weighted by atomic mass is 9.59. The minimum absolute atomic E-state index is 0.0777. The van der Waals surface area contributed by atoms with Crippen molar-refractivity contribution in [2.45, 2.75) is 19.8 Å². The number of amides is 1. The van der Waals surface area contributed by atoms with Gasteiger partial charge in [-0.15, -0.1) is 0 Å². The molecule has 1 aromatic heterocycles. The van der Waals surface area contributed by atoms with Crippen molar-refractivity contribution in [3.8, 4) is 18.2 Å². The number of hydrogen-bond acceptors (Lipinski definition) is 7. The van der Waals surface area contributed by atoms with Gasteiger partial charge in [-0.2, -0.15) is 15.8 Å². The van der Waals surface area contributed by atoms with Crippen molar-refractivity contribution < 1.29 is 13.9 Å². The maximum absolute atomic E-state index is 12.3. The molecule has 1 aliphatic heterocycles. The van der Waals surface area contributed by atoms with Gasteiger partial charge in [-0.05, 0) is 31.6 Å². The number of nitrogens with two attached hydrogens (primary N) is 1. The Bertz CT molecular complexity index is 984. The van der Waals surface area contributed by atoms with Crippen LogP contribution < -0.4 is 5.73 Å². The van der Waals surface area contributed by atoms with E-state index < -0.39 is 23.3 Å². The Labute approximate surface area is 162 Å². The fourth-order valence-corrected chi connectivity index (χ4v) is 3.97. The van der Waals surface area contributed by atoms with Crippen LogP contribution in [-0.2, 0) is 4.74 Å². The monoisotopic (exact) mass is 377 g/mol. The molecule has 0 radical (unpaired) electrons. The molecule has 0 aromatic carbocycles. The fourth-order valence-electron chi connectivity index (χ4n) is 3.97. The molecule has 3 rings (SSSR count). The SMILES string of the molecule is CCOC(=O)N1CC=C2C(C#N)=C(N)C(C#N)(C#N)C(c3ccc(C)o3)C2C1. The molecule has 142 valence electrons. The number of carbonyl (C=O) groups is 1. The molecule has 8 heteroatoms. The molecule has 2 aliphatic rings. The highest BCUT2D eigenvalue weighted by molar-refractivity contribution is 5.69. The minimum atomic E-state index is -1.78. The average Bonchev–Trinajstić information content (AvgIpc) is 3.12. The summed E-state index contributed by atoms with van der Waals surface area (Å²) in [5, 5.41) is 29.6. The van der Waals surface area contributed by atoms with Gasteiger partial charge in [0, 0.05) is 19.0 Å². The molecule has 1 aromatic rings. The van der Waals surface area contributed by atoms with E-state index in [9.17, 15) is 20.6 Å². The topological polar surface area (TPSA) is 140 Å². The molecular formula is C20H19N5O3. The van der Waals surface area contributed by atoms with E-state index in [1.54, 1.807) is 32.1 Å². The molecule has 2 heterocycles. The van der Waals surface area contributed by atoms with E-state index in [1.165, 1.54) is 4.90 Å². The molecular weight excluding hydrogens is 358 g/mol. The Morgan fingerprint density at radius 2 is 2.11 bits per heavy atom. The number of fused-ring (bicyclic) bond motifs is 1. The van der Waals surface area contributed by atoms with Crippen LogP contribution in [0.5, 0.6) is 0 Å². The van der Waals surface area contributed by atoms with Gasteiger partial charge in [0.1, 0.15) is 17.6 Å². The molecule has 0 fully saturated rings. The first-order valence-corrected chi connectivity index (χ1v) is 8.84. The highest BCUT2D eigenvalue weighted by atomic mass is 16.6. The largest absolute Gasteiger partial charge is 0.466 e. The Hall–Kier alpha value is -3.70. The molecule has 1 amide bonds. The van der Waals surface area contributed by atoms with Gasteiger partial charge in [-0.25, -0.2) is 4.79 Å². The first-order valence-electron chi connectivity index (χ1n) is 8.84. The lowest BCUT2D eigenvalue weighted by molar-refractivity contribution is 0.0985. The second-order valence-electron chi connectivity index (χ2n) is 6.73. The van der Waals surface area contributed by atoms with Gasteiger partial charge in [-0.1, -0.05) is 6.08 Å². The van der Waals surface area contributed by atoms with Crippen LogP contribution in [0, 0.1) is 52.2 Å². The summed E-state index contributed by atoms with van der Waals surface area (Å²) in [7, 11) is 0. The number of ether oxygens (including phenoxy) is 1. The Kier molecular flexibility index (Phi) is 4.86. The van der Waals surface area contributed by atoms with Gasteiger partial charge < -0.3 is 19.8 Å². The number of nitriles is 3. The number of aryl methyl sites for hydroxylation is 1. The number of furan rings is 1. The van der Waals surface area contributed by atoms with Crippen molar-refractivity contribution in [1.82, 2.24) is 4.90 Å². The summed E-state index contributed by atoms with van der Waals surface area (Å²) in [6.45, 7) is 4.13. The summed E-state index contributed by atoms with van der Waals surface area (Å²) in [4.78, 5) is 13.7. The Morgan fingerprint density at radius 3 is 2.64 bits per heavy atom. The Balaban J connectivity index is 2.22. The quantitative estimate of drug-likeness (QED) is 0.834. The first kappa shape index (κ1) is 19.1. The number of rotatable bonds is 2. The highest BCUT2D eigenvalue weighted by Gasteiger charge is 2.56. The van der Waals surface area contributed by atoms with Crippen molar-refractivity contribution in [2.24, 2.45) is 17.1 Å². The van der Waals surface area contributed by atoms with E-state index in [4.69, 9.17) is 14.9 Å². The summed E-state index contributed by atoms with van der Waals surface area (Å²) in [6.07, 6.45) is 1.24. The summed E-state index contributed by atoms with van der Waals surface area (Å²) < 4.78 is 10.9. The molecule has 2 N–H and O–H groups in total. The molecule has 2 unspecified atom stereocenters. The van der Waals surface area contributed by atoms with Crippen LogP contribution in [0.3, 0.4) is 0 Å². The van der Waals surface area contributed by atoms with Crippen LogP contribution in [-0.4, -0.2) is 30.7 Å². The van der Waals surface area contributed by atoms with Crippen molar-refractivity contribution in [3.63, 3.8) is 0 Å². The number of carbonyl (C=O) groups excluding carboxylic acids is 1. The van der Waals surface area contributed by atoms with E-state index in [1.807, 2.05) is 18.2 Å². The number of nitrogens with zero attached hydrogens (tertiary/aromatic N) is 4. The van der Waals surface area contributed by atoms with E-state index in [0.717, 1.165) is 0 Å². The fraction of sp³-hybridized carbons (Fsp3) is 0.400. The third-order valence-corrected chi connectivity index (χ3v) is 5.26. The van der Waals surface area contributed by atoms with Crippen LogP contribution in [0.4, 0.5) is 4.79 Å². The number of hydrogen-bond donors (Lipinski definition) is 1. The van der Waals surface area contributed by atoms with Gasteiger partial charge in [0.25, 0.3) is 0 Å². The maximum Gasteiger partial charge on any atom is 0.410 e. The average molecular weight is 377 g/mol. The second kappa shape index (κ2) is 7.13. The number of allylic oxidation sites excluding steroid dienone is 2. The second-order valence-corrected chi connectivity index (χ2v) is 6.73. The maximum atomic E-state index is 12.3. The highest BCUT2D eigenvalue weighted by Crippen LogP contribution is 2.54. The third kappa shape index (κ3) is 2.69. The van der Waals surface area contributed by atoms with Crippen LogP contribution in [0.15, 0.2) is 39.5 Å². The molecule has 0 bridgehead atoms. The molecule has 8 nitrogen and oxygen atoms in total. The van der Waals surface area contributed by atoms with Gasteiger partial charge in [0.05, 0.1) is 35.9 Å². The minimum Gasteiger partial charge on any atom is -0.466 e. The van der Waals surface area contributed by atoms with Crippen LogP contribution in [0.25, 0.3) is 0 Å². The van der Waals surface area contributed by atoms with Crippen molar-refractivity contribution in [1.29, 1.82) is 15.8 Å². The molecule has 2 atom stereocenters. The van der Waals surface area contributed by atoms with Crippen molar-refractivity contribution in [2.75, 3.05) is 19.7 Å². The normalized spacial score (nSPS) is 23.0. The summed E-state index contributed by atoms with van der Waals surface area (Å²) in [6, 6.07) is 9.53. The van der Waals surface area contributed by atoms with Gasteiger partial charge in [0.15, 0.2) is 5.41 Å². The van der Waals surface area contributed by atoms with Gasteiger partial charge in [-0.3, -0.25) is 0 Å². The van der Waals surface area contributed by atoms with Crippen molar-refractivity contribution >= 4 is 6.09 Å². The van der Waals surface area contributed by atoms with Crippen LogP contribution in [0.2, 0.25) is 0 Å². The van der Waals surface area contributed by atoms with Crippen molar-refractivity contribution in [3.05, 3.63) is 46.6 Å². The van der Waals surface area contributed by atoms with E-state index >= 15 is 0 Å². The molecule has 28 heavy (non-hydrogen) atoms. The van der Waals surface area contributed by atoms with E-state index in [-0.39, 0.29) is 31.0 Å². The zero-order valence-corrected chi connectivity index (χ0v) is 15.6. The van der Waals surface area contributed by atoms with Crippen LogP contribution in [0.1, 0.15) is 24.4 Å². The predicted octanol–water partition coefficient (Wildman–Crippen LogP) is 2.47. The summed E-state index contributed by atoms with van der Waals surface area (Å²) in [5.74, 6) is -0.235. The molecule has 0 saturated heterocycles. The standard InChI is InChI=1S/C20H19N5O3/c1-3-27-19(26)25-7-6-13-14(8-21)18(24)20(10-22,11-23)17(15(13)9-25)16-5-4-12(2)28-16/h4-6,15,17H,3,7,9,24H2,1-2H3. The summed E-state index contributed by atoms with van der Waals surface area (Å²) >= 11 is 0. The lowest BCUT2D eigenvalue weighted by Crippen LogP contribution is -2.49. The summed E-state index contributed by atoms with van der Waals surface area (Å²) in [5.41, 5.74) is 5.08. The van der Waals surface area contributed by atoms with E-state index in [2.05, 4.69) is 0 Å². The Morgan fingerprint density at radius 1 is 1.39 bits per heavy atom. The first-order chi connectivity index (χ1) is 13.4. The zero-order chi connectivity index (χ0) is 20.5. The molecule has 0 spiro atoms. The molecule has 0 saturated carbocycles. The van der Waals surface area contributed by atoms with Gasteiger partial charge >= 0.3 is 6.09 Å². The third-order valence-electron chi connectivity index (χ3n) is 5.26. The molecule has 1 aliphatic carbocycles. The van der Waals surface area contributed by atoms with Crippen LogP contribution >= 0.6 is 0 Å².